The SMILES string of the molecule is Cc1cc([C@@H](C)N)c2oc(N3C[C@@H](C)O[C@@H](C)C3)cc(=O)c2c1. The van der Waals surface area contributed by atoms with E-state index in [1.807, 2.05) is 39.8 Å². The number of hydrogen-bond donors (Lipinski definition) is 1. The molecule has 0 unspecified atom stereocenters. The van der Waals surface area contributed by atoms with Crippen LogP contribution in [0.4, 0.5) is 5.88 Å². The third-order valence-corrected chi connectivity index (χ3v) is 4.21. The number of hydrogen-bond acceptors (Lipinski definition) is 5. The lowest BCUT2D eigenvalue weighted by Crippen LogP contribution is -2.45. The zero-order valence-corrected chi connectivity index (χ0v) is 14.1. The normalized spacial score (nSPS) is 23.3. The summed E-state index contributed by atoms with van der Waals surface area (Å²) in [6, 6.07) is 5.24. The van der Waals surface area contributed by atoms with Crippen LogP contribution in [0.3, 0.4) is 0 Å². The molecule has 1 fully saturated rings. The van der Waals surface area contributed by atoms with Crippen molar-refractivity contribution in [1.82, 2.24) is 0 Å². The monoisotopic (exact) mass is 316 g/mol. The quantitative estimate of drug-likeness (QED) is 0.922. The van der Waals surface area contributed by atoms with Gasteiger partial charge in [-0.2, -0.15) is 0 Å². The molecule has 5 heteroatoms. The van der Waals surface area contributed by atoms with Gasteiger partial charge in [-0.3, -0.25) is 4.79 Å². The standard InChI is InChI=1S/C18H24N2O3/c1-10-5-14(13(4)19)18-15(6-10)16(21)7-17(23-18)20-8-11(2)22-12(3)9-20/h5-7,11-13H,8-9,19H2,1-4H3/t11-,12+,13-/m1/s1. The molecule has 1 aliphatic rings. The topological polar surface area (TPSA) is 68.7 Å². The number of morpholine rings is 1. The summed E-state index contributed by atoms with van der Waals surface area (Å²) in [5.41, 5.74) is 8.53. The molecule has 0 radical (unpaired) electrons. The van der Waals surface area contributed by atoms with Crippen LogP contribution < -0.4 is 16.1 Å². The smallest absolute Gasteiger partial charge is 0.200 e. The van der Waals surface area contributed by atoms with Crippen molar-refractivity contribution < 1.29 is 9.15 Å². The van der Waals surface area contributed by atoms with Crippen LogP contribution in [0.5, 0.6) is 0 Å². The molecule has 1 aliphatic heterocycles. The Kier molecular flexibility index (Phi) is 4.17. The van der Waals surface area contributed by atoms with Crippen molar-refractivity contribution in [3.63, 3.8) is 0 Å². The molecule has 0 amide bonds. The molecule has 124 valence electrons. The fraction of sp³-hybridized carbons (Fsp3) is 0.500. The van der Waals surface area contributed by atoms with Crippen LogP contribution in [0.15, 0.2) is 27.4 Å². The van der Waals surface area contributed by atoms with Crippen LogP contribution >= 0.6 is 0 Å². The van der Waals surface area contributed by atoms with Crippen LogP contribution in [0.25, 0.3) is 11.0 Å². The summed E-state index contributed by atoms with van der Waals surface area (Å²) < 4.78 is 11.9. The van der Waals surface area contributed by atoms with E-state index in [0.29, 0.717) is 29.9 Å². The van der Waals surface area contributed by atoms with Gasteiger partial charge in [-0.15, -0.1) is 0 Å². The maximum Gasteiger partial charge on any atom is 0.200 e. The van der Waals surface area contributed by atoms with Gasteiger partial charge in [0.2, 0.25) is 0 Å². The molecular weight excluding hydrogens is 292 g/mol. The molecule has 3 atom stereocenters. The van der Waals surface area contributed by atoms with Crippen LogP contribution in [0.1, 0.15) is 37.9 Å². The molecule has 1 aromatic heterocycles. The predicted octanol–water partition coefficient (Wildman–Crippen LogP) is 2.73. The van der Waals surface area contributed by atoms with E-state index in [0.717, 1.165) is 11.1 Å². The number of nitrogens with two attached hydrogens (primary N) is 1. The summed E-state index contributed by atoms with van der Waals surface area (Å²) in [5.74, 6) is 0.593. The summed E-state index contributed by atoms with van der Waals surface area (Å²) in [5, 5.41) is 0.593. The molecule has 1 aromatic carbocycles. The lowest BCUT2D eigenvalue weighted by Gasteiger charge is -2.35. The van der Waals surface area contributed by atoms with Crippen LogP contribution in [-0.2, 0) is 4.74 Å². The number of rotatable bonds is 2. The van der Waals surface area contributed by atoms with Crippen molar-refractivity contribution in [2.45, 2.75) is 45.9 Å². The van der Waals surface area contributed by atoms with Gasteiger partial charge in [-0.05, 0) is 39.3 Å². The molecule has 2 N–H and O–H groups in total. The fourth-order valence-corrected chi connectivity index (χ4v) is 3.27. The van der Waals surface area contributed by atoms with E-state index in [2.05, 4.69) is 4.90 Å². The van der Waals surface area contributed by atoms with E-state index in [9.17, 15) is 4.79 Å². The number of ether oxygens (including phenoxy) is 1. The van der Waals surface area contributed by atoms with Gasteiger partial charge in [-0.1, -0.05) is 6.07 Å². The third kappa shape index (κ3) is 3.12. The third-order valence-electron chi connectivity index (χ3n) is 4.21. The Morgan fingerprint density at radius 2 is 1.87 bits per heavy atom. The van der Waals surface area contributed by atoms with Crippen molar-refractivity contribution in [3.05, 3.63) is 39.5 Å². The zero-order valence-electron chi connectivity index (χ0n) is 14.1. The van der Waals surface area contributed by atoms with Gasteiger partial charge < -0.3 is 19.8 Å². The molecule has 2 aromatic rings. The first-order valence-electron chi connectivity index (χ1n) is 8.09. The van der Waals surface area contributed by atoms with Gasteiger partial charge in [-0.25, -0.2) is 0 Å². The highest BCUT2D eigenvalue weighted by Gasteiger charge is 2.25. The highest BCUT2D eigenvalue weighted by Crippen LogP contribution is 2.28. The average Bonchev–Trinajstić information content (AvgIpc) is 2.46. The van der Waals surface area contributed by atoms with E-state index in [1.165, 1.54) is 0 Å². The molecule has 0 saturated carbocycles. The molecule has 0 aliphatic carbocycles. The van der Waals surface area contributed by atoms with Gasteiger partial charge in [0.1, 0.15) is 5.58 Å². The minimum absolute atomic E-state index is 0.0290. The molecule has 0 bridgehead atoms. The first-order valence-corrected chi connectivity index (χ1v) is 8.09. The van der Waals surface area contributed by atoms with Crippen molar-refractivity contribution in [2.75, 3.05) is 18.0 Å². The predicted molar refractivity (Wildman–Crippen MR) is 92.0 cm³/mol. The summed E-state index contributed by atoms with van der Waals surface area (Å²) in [6.45, 7) is 9.33. The Labute approximate surface area is 136 Å². The number of aryl methyl sites for hydroxylation is 1. The average molecular weight is 316 g/mol. The Bertz CT molecular complexity index is 772. The first kappa shape index (κ1) is 16.0. The minimum Gasteiger partial charge on any atom is -0.440 e. The molecule has 0 spiro atoms. The second-order valence-electron chi connectivity index (χ2n) is 6.63. The largest absolute Gasteiger partial charge is 0.440 e. The van der Waals surface area contributed by atoms with E-state index >= 15 is 0 Å². The number of nitrogens with zero attached hydrogens (tertiary/aromatic N) is 1. The van der Waals surface area contributed by atoms with E-state index < -0.39 is 0 Å². The Morgan fingerprint density at radius 3 is 2.48 bits per heavy atom. The maximum absolute atomic E-state index is 12.6. The van der Waals surface area contributed by atoms with Gasteiger partial charge in [0.05, 0.1) is 17.6 Å². The lowest BCUT2D eigenvalue weighted by molar-refractivity contribution is -0.00638. The molecule has 5 nitrogen and oxygen atoms in total. The van der Waals surface area contributed by atoms with Gasteiger partial charge in [0.15, 0.2) is 11.3 Å². The summed E-state index contributed by atoms with van der Waals surface area (Å²) in [7, 11) is 0. The molecule has 1 saturated heterocycles. The number of anilines is 1. The molecule has 3 rings (SSSR count). The summed E-state index contributed by atoms with van der Waals surface area (Å²) >= 11 is 0. The second kappa shape index (κ2) is 5.98. The Balaban J connectivity index is 2.15. The first-order chi connectivity index (χ1) is 10.8. The summed E-state index contributed by atoms with van der Waals surface area (Å²) in [6.07, 6.45) is 0.205. The van der Waals surface area contributed by atoms with Crippen LogP contribution in [0, 0.1) is 6.92 Å². The van der Waals surface area contributed by atoms with Gasteiger partial charge in [0.25, 0.3) is 0 Å². The minimum atomic E-state index is -0.196. The lowest BCUT2D eigenvalue weighted by atomic mass is 10.0. The Hall–Kier alpha value is -1.85. The van der Waals surface area contributed by atoms with Gasteiger partial charge >= 0.3 is 0 Å². The van der Waals surface area contributed by atoms with E-state index in [4.69, 9.17) is 14.9 Å². The van der Waals surface area contributed by atoms with Crippen molar-refractivity contribution in [1.29, 1.82) is 0 Å². The maximum atomic E-state index is 12.6. The Morgan fingerprint density at radius 1 is 1.22 bits per heavy atom. The van der Waals surface area contributed by atoms with E-state index in [-0.39, 0.29) is 23.7 Å². The van der Waals surface area contributed by atoms with E-state index in [1.54, 1.807) is 6.07 Å². The highest BCUT2D eigenvalue weighted by atomic mass is 16.5. The van der Waals surface area contributed by atoms with Crippen molar-refractivity contribution in [3.8, 4) is 0 Å². The number of fused-ring (bicyclic) bond motifs is 1. The fourth-order valence-electron chi connectivity index (χ4n) is 3.27. The molecule has 2 heterocycles. The van der Waals surface area contributed by atoms with Crippen LogP contribution in [0.2, 0.25) is 0 Å². The van der Waals surface area contributed by atoms with Crippen molar-refractivity contribution >= 4 is 16.9 Å². The zero-order chi connectivity index (χ0) is 16.7. The summed E-state index contributed by atoms with van der Waals surface area (Å²) in [4.78, 5) is 14.6. The van der Waals surface area contributed by atoms with Gasteiger partial charge in [0, 0.05) is 30.8 Å². The molecule has 23 heavy (non-hydrogen) atoms. The highest BCUT2D eigenvalue weighted by molar-refractivity contribution is 5.82. The number of benzene rings is 1. The van der Waals surface area contributed by atoms with Crippen LogP contribution in [-0.4, -0.2) is 25.3 Å². The second-order valence-corrected chi connectivity index (χ2v) is 6.63. The van der Waals surface area contributed by atoms with Crippen molar-refractivity contribution in [2.24, 2.45) is 5.73 Å². The molecular formula is C18H24N2O3.